The number of hydrogen-bond donors (Lipinski definition) is 2. The third kappa shape index (κ3) is 3.79. The Bertz CT molecular complexity index is 485. The van der Waals surface area contributed by atoms with Crippen molar-refractivity contribution in [2.24, 2.45) is 0 Å². The molecule has 0 aliphatic heterocycles. The highest BCUT2D eigenvalue weighted by molar-refractivity contribution is 5.78. The molecule has 0 amide bonds. The van der Waals surface area contributed by atoms with Gasteiger partial charge in [-0.2, -0.15) is 0 Å². The van der Waals surface area contributed by atoms with Gasteiger partial charge in [-0.15, -0.1) is 0 Å². The molecule has 0 saturated heterocycles. The van der Waals surface area contributed by atoms with Gasteiger partial charge in [0.2, 0.25) is 0 Å². The van der Waals surface area contributed by atoms with Crippen LogP contribution in [-0.4, -0.2) is 23.2 Å². The molecule has 0 spiro atoms. The molecule has 1 heterocycles. The number of aliphatic hydroxyl groups is 1. The summed E-state index contributed by atoms with van der Waals surface area (Å²) < 4.78 is 0. The van der Waals surface area contributed by atoms with Crippen molar-refractivity contribution in [2.75, 3.05) is 13.2 Å². The van der Waals surface area contributed by atoms with Gasteiger partial charge >= 0.3 is 0 Å². The minimum atomic E-state index is 0.303. The minimum absolute atomic E-state index is 0.303. The lowest BCUT2D eigenvalue weighted by Gasteiger charge is -2.05. The van der Waals surface area contributed by atoms with Crippen LogP contribution < -0.4 is 5.32 Å². The van der Waals surface area contributed by atoms with Gasteiger partial charge in [0.15, 0.2) is 0 Å². The average Bonchev–Trinajstić information content (AvgIpc) is 2.42. The maximum Gasteiger partial charge on any atom is 0.0702 e. The van der Waals surface area contributed by atoms with Gasteiger partial charge in [-0.25, -0.2) is 0 Å². The number of hydrogen-bond acceptors (Lipinski definition) is 3. The van der Waals surface area contributed by atoms with E-state index >= 15 is 0 Å². The van der Waals surface area contributed by atoms with Crippen molar-refractivity contribution in [1.29, 1.82) is 0 Å². The number of benzene rings is 1. The lowest BCUT2D eigenvalue weighted by Crippen LogP contribution is -2.14. The van der Waals surface area contributed by atoms with Crippen LogP contribution >= 0.6 is 0 Å². The van der Waals surface area contributed by atoms with E-state index in [0.717, 1.165) is 37.9 Å². The van der Waals surface area contributed by atoms with Crippen molar-refractivity contribution in [1.82, 2.24) is 10.3 Å². The monoisotopic (exact) mass is 244 g/mol. The SMILES string of the molecule is OCCCCCNCc1ccc2ncccc2c1. The summed E-state index contributed by atoms with van der Waals surface area (Å²) in [6.45, 7) is 2.20. The molecule has 0 radical (unpaired) electrons. The van der Waals surface area contributed by atoms with E-state index in [-0.39, 0.29) is 0 Å². The Kier molecular flexibility index (Phi) is 5.12. The molecule has 0 fully saturated rings. The quantitative estimate of drug-likeness (QED) is 0.735. The largest absolute Gasteiger partial charge is 0.396 e. The fourth-order valence-electron chi connectivity index (χ4n) is 2.01. The molecule has 1 aromatic heterocycles. The molecule has 2 rings (SSSR count). The molecule has 2 aromatic rings. The van der Waals surface area contributed by atoms with Gasteiger partial charge in [0.1, 0.15) is 0 Å². The molecule has 0 unspecified atom stereocenters. The van der Waals surface area contributed by atoms with Crippen molar-refractivity contribution < 1.29 is 5.11 Å². The Labute approximate surface area is 108 Å². The molecule has 2 N–H and O–H groups in total. The van der Waals surface area contributed by atoms with Crippen molar-refractivity contribution >= 4 is 10.9 Å². The molecule has 3 nitrogen and oxygen atoms in total. The van der Waals surface area contributed by atoms with Crippen molar-refractivity contribution in [3.05, 3.63) is 42.1 Å². The van der Waals surface area contributed by atoms with Gasteiger partial charge in [-0.05, 0) is 49.6 Å². The van der Waals surface area contributed by atoms with Crippen LogP contribution in [-0.2, 0) is 6.54 Å². The zero-order valence-corrected chi connectivity index (χ0v) is 10.6. The van der Waals surface area contributed by atoms with Crippen LogP contribution in [0.5, 0.6) is 0 Å². The van der Waals surface area contributed by atoms with Crippen LogP contribution in [0.15, 0.2) is 36.5 Å². The summed E-state index contributed by atoms with van der Waals surface area (Å²) in [4.78, 5) is 4.31. The summed E-state index contributed by atoms with van der Waals surface area (Å²) >= 11 is 0. The number of nitrogens with one attached hydrogen (secondary N) is 1. The third-order valence-electron chi connectivity index (χ3n) is 3.01. The van der Waals surface area contributed by atoms with Crippen LogP contribution in [0.4, 0.5) is 0 Å². The first kappa shape index (κ1) is 13.0. The molecule has 0 saturated carbocycles. The Morgan fingerprint density at radius 2 is 2.06 bits per heavy atom. The zero-order chi connectivity index (χ0) is 12.6. The topological polar surface area (TPSA) is 45.1 Å². The lowest BCUT2D eigenvalue weighted by atomic mass is 10.1. The first-order valence-corrected chi connectivity index (χ1v) is 6.55. The summed E-state index contributed by atoms with van der Waals surface area (Å²) in [5.41, 5.74) is 2.34. The third-order valence-corrected chi connectivity index (χ3v) is 3.01. The van der Waals surface area contributed by atoms with Crippen LogP contribution in [0.25, 0.3) is 10.9 Å². The van der Waals surface area contributed by atoms with Crippen molar-refractivity contribution in [3.63, 3.8) is 0 Å². The van der Waals surface area contributed by atoms with Crippen molar-refractivity contribution in [3.8, 4) is 0 Å². The number of aromatic nitrogens is 1. The number of aliphatic hydroxyl groups excluding tert-OH is 1. The molecular formula is C15H20N2O. The second-order valence-electron chi connectivity index (χ2n) is 4.49. The Morgan fingerprint density at radius 1 is 1.11 bits per heavy atom. The van der Waals surface area contributed by atoms with E-state index in [1.807, 2.05) is 12.3 Å². The summed E-state index contributed by atoms with van der Waals surface area (Å²) in [6.07, 6.45) is 4.94. The number of nitrogens with zero attached hydrogens (tertiary/aromatic N) is 1. The normalized spacial score (nSPS) is 10.9. The van der Waals surface area contributed by atoms with E-state index in [1.165, 1.54) is 10.9 Å². The van der Waals surface area contributed by atoms with E-state index < -0.39 is 0 Å². The number of pyridine rings is 1. The molecule has 0 bridgehead atoms. The predicted octanol–water partition coefficient (Wildman–Crippen LogP) is 2.49. The van der Waals surface area contributed by atoms with Gasteiger partial charge in [-0.3, -0.25) is 4.98 Å². The molecular weight excluding hydrogens is 224 g/mol. The predicted molar refractivity (Wildman–Crippen MR) is 74.4 cm³/mol. The fourth-order valence-corrected chi connectivity index (χ4v) is 2.01. The second kappa shape index (κ2) is 7.09. The van der Waals surface area contributed by atoms with E-state index in [1.54, 1.807) is 0 Å². The maximum atomic E-state index is 8.68. The summed E-state index contributed by atoms with van der Waals surface area (Å²) in [5.74, 6) is 0. The van der Waals surface area contributed by atoms with Gasteiger partial charge in [0, 0.05) is 24.7 Å². The van der Waals surface area contributed by atoms with E-state index in [2.05, 4.69) is 34.6 Å². The first-order chi connectivity index (χ1) is 8.90. The summed E-state index contributed by atoms with van der Waals surface area (Å²) in [5, 5.41) is 13.3. The maximum absolute atomic E-state index is 8.68. The van der Waals surface area contributed by atoms with Crippen LogP contribution in [0.2, 0.25) is 0 Å². The van der Waals surface area contributed by atoms with Crippen LogP contribution in [0.3, 0.4) is 0 Å². The number of fused-ring (bicyclic) bond motifs is 1. The minimum Gasteiger partial charge on any atom is -0.396 e. The van der Waals surface area contributed by atoms with Crippen LogP contribution in [0, 0.1) is 0 Å². The van der Waals surface area contributed by atoms with Gasteiger partial charge in [0.25, 0.3) is 0 Å². The average molecular weight is 244 g/mol. The highest BCUT2D eigenvalue weighted by Crippen LogP contribution is 2.13. The molecule has 0 atom stereocenters. The standard InChI is InChI=1S/C15H20N2O/c18-10-3-1-2-8-16-12-13-6-7-15-14(11-13)5-4-9-17-15/h4-7,9,11,16,18H,1-3,8,10,12H2. The van der Waals surface area contributed by atoms with E-state index in [0.29, 0.717) is 6.61 Å². The number of unbranched alkanes of at least 4 members (excludes halogenated alkanes) is 2. The highest BCUT2D eigenvalue weighted by Gasteiger charge is 1.96. The molecule has 0 aliphatic rings. The van der Waals surface area contributed by atoms with Gasteiger partial charge in [0.05, 0.1) is 5.52 Å². The molecule has 96 valence electrons. The Hall–Kier alpha value is -1.45. The summed E-state index contributed by atoms with van der Waals surface area (Å²) in [6, 6.07) is 10.4. The number of rotatable bonds is 7. The molecule has 3 heteroatoms. The summed E-state index contributed by atoms with van der Waals surface area (Å²) in [7, 11) is 0. The lowest BCUT2D eigenvalue weighted by molar-refractivity contribution is 0.283. The van der Waals surface area contributed by atoms with E-state index in [9.17, 15) is 0 Å². The van der Waals surface area contributed by atoms with Gasteiger partial charge in [-0.1, -0.05) is 12.1 Å². The molecule has 1 aromatic carbocycles. The Morgan fingerprint density at radius 3 is 2.94 bits per heavy atom. The first-order valence-electron chi connectivity index (χ1n) is 6.55. The second-order valence-corrected chi connectivity index (χ2v) is 4.49. The Balaban J connectivity index is 1.81. The fraction of sp³-hybridized carbons (Fsp3) is 0.400. The molecule has 0 aliphatic carbocycles. The molecule has 18 heavy (non-hydrogen) atoms. The van der Waals surface area contributed by atoms with Crippen LogP contribution in [0.1, 0.15) is 24.8 Å². The van der Waals surface area contributed by atoms with Crippen molar-refractivity contribution in [2.45, 2.75) is 25.8 Å². The highest BCUT2D eigenvalue weighted by atomic mass is 16.2. The van der Waals surface area contributed by atoms with Gasteiger partial charge < -0.3 is 10.4 Å². The zero-order valence-electron chi connectivity index (χ0n) is 10.6. The smallest absolute Gasteiger partial charge is 0.0702 e. The van der Waals surface area contributed by atoms with E-state index in [4.69, 9.17) is 5.11 Å².